The van der Waals surface area contributed by atoms with Gasteiger partial charge in [-0.3, -0.25) is 4.98 Å². The molecule has 1 aliphatic carbocycles. The van der Waals surface area contributed by atoms with Crippen LogP contribution >= 0.6 is 0 Å². The van der Waals surface area contributed by atoms with E-state index in [1.165, 1.54) is 35.6 Å². The molecule has 120 valence electrons. The molecule has 0 spiro atoms. The molecule has 1 aliphatic heterocycles. The molecule has 4 heteroatoms. The Kier molecular flexibility index (Phi) is 3.33. The molecule has 0 amide bonds. The van der Waals surface area contributed by atoms with Crippen molar-refractivity contribution in [2.45, 2.75) is 64.1 Å². The van der Waals surface area contributed by atoms with Gasteiger partial charge < -0.3 is 9.31 Å². The molecule has 2 heterocycles. The Hall–Kier alpha value is -1.39. The van der Waals surface area contributed by atoms with Crippen LogP contribution in [-0.2, 0) is 9.31 Å². The van der Waals surface area contributed by atoms with Gasteiger partial charge in [0.15, 0.2) is 0 Å². The van der Waals surface area contributed by atoms with E-state index in [2.05, 4.69) is 50.9 Å². The van der Waals surface area contributed by atoms with E-state index in [0.29, 0.717) is 5.92 Å². The minimum atomic E-state index is -0.304. The van der Waals surface area contributed by atoms with Crippen molar-refractivity contribution >= 4 is 23.4 Å². The van der Waals surface area contributed by atoms with Crippen LogP contribution in [0.3, 0.4) is 0 Å². The summed E-state index contributed by atoms with van der Waals surface area (Å²) in [6.45, 7) is 8.38. The summed E-state index contributed by atoms with van der Waals surface area (Å²) in [7, 11) is -0.299. The predicted molar refractivity (Wildman–Crippen MR) is 94.1 cm³/mol. The van der Waals surface area contributed by atoms with Gasteiger partial charge in [-0.1, -0.05) is 24.6 Å². The third-order valence-corrected chi connectivity index (χ3v) is 5.89. The van der Waals surface area contributed by atoms with Crippen molar-refractivity contribution in [3.8, 4) is 0 Å². The Labute approximate surface area is 138 Å². The average molecular weight is 309 g/mol. The molecule has 0 radical (unpaired) electrons. The first-order valence-corrected chi connectivity index (χ1v) is 8.61. The van der Waals surface area contributed by atoms with E-state index in [1.54, 1.807) is 0 Å². The summed E-state index contributed by atoms with van der Waals surface area (Å²) >= 11 is 0. The van der Waals surface area contributed by atoms with Crippen molar-refractivity contribution in [2.24, 2.45) is 0 Å². The maximum absolute atomic E-state index is 6.20. The highest BCUT2D eigenvalue weighted by molar-refractivity contribution is 6.62. The molecule has 0 bridgehead atoms. The van der Waals surface area contributed by atoms with Gasteiger partial charge in [0, 0.05) is 17.8 Å². The van der Waals surface area contributed by atoms with Crippen LogP contribution in [0.2, 0.25) is 0 Å². The average Bonchev–Trinajstić information content (AvgIpc) is 2.65. The van der Waals surface area contributed by atoms with Crippen LogP contribution in [0, 0.1) is 0 Å². The van der Waals surface area contributed by atoms with Crippen LogP contribution in [0.1, 0.15) is 58.4 Å². The van der Waals surface area contributed by atoms with Gasteiger partial charge in [0.05, 0.1) is 11.2 Å². The normalized spacial score (nSPS) is 23.2. The molecule has 2 aliphatic rings. The van der Waals surface area contributed by atoms with Crippen LogP contribution in [0.15, 0.2) is 30.6 Å². The van der Waals surface area contributed by atoms with Gasteiger partial charge in [-0.05, 0) is 62.9 Å². The largest absolute Gasteiger partial charge is 0.494 e. The molecule has 1 saturated heterocycles. The zero-order chi connectivity index (χ0) is 16.2. The Morgan fingerprint density at radius 2 is 1.74 bits per heavy atom. The molecule has 2 aromatic rings. The first kappa shape index (κ1) is 15.2. The predicted octanol–water partition coefficient (Wildman–Crippen LogP) is 3.80. The van der Waals surface area contributed by atoms with Crippen molar-refractivity contribution in [3.63, 3.8) is 0 Å². The van der Waals surface area contributed by atoms with Crippen molar-refractivity contribution in [2.75, 3.05) is 0 Å². The molecule has 2 fully saturated rings. The van der Waals surface area contributed by atoms with E-state index >= 15 is 0 Å². The topological polar surface area (TPSA) is 31.4 Å². The Morgan fingerprint density at radius 1 is 1.04 bits per heavy atom. The lowest BCUT2D eigenvalue weighted by molar-refractivity contribution is 0.00578. The van der Waals surface area contributed by atoms with E-state index in [1.807, 2.05) is 12.4 Å². The lowest BCUT2D eigenvalue weighted by Gasteiger charge is -2.32. The number of benzene rings is 1. The van der Waals surface area contributed by atoms with E-state index in [4.69, 9.17) is 9.31 Å². The molecular weight excluding hydrogens is 285 g/mol. The summed E-state index contributed by atoms with van der Waals surface area (Å²) in [5, 5.41) is 2.51. The van der Waals surface area contributed by atoms with Crippen molar-refractivity contribution in [1.29, 1.82) is 0 Å². The molecule has 0 N–H and O–H groups in total. The van der Waals surface area contributed by atoms with Gasteiger partial charge in [0.1, 0.15) is 0 Å². The zero-order valence-electron chi connectivity index (χ0n) is 14.4. The van der Waals surface area contributed by atoms with E-state index in [0.717, 1.165) is 5.46 Å². The first-order chi connectivity index (χ1) is 10.9. The number of aromatic nitrogens is 1. The SMILES string of the molecule is CC1(C)OB(c2ccc3cncc(C4CCC4)c3c2)OC1(C)C. The molecule has 0 atom stereocenters. The molecule has 1 aromatic carbocycles. The number of rotatable bonds is 2. The molecule has 1 aromatic heterocycles. The summed E-state index contributed by atoms with van der Waals surface area (Å²) in [4.78, 5) is 4.43. The molecule has 23 heavy (non-hydrogen) atoms. The van der Waals surface area contributed by atoms with E-state index in [9.17, 15) is 0 Å². The minimum absolute atomic E-state index is 0.299. The standard InChI is InChI=1S/C19H24BNO2/c1-18(2)19(3,4)23-20(22-18)15-9-8-14-11-21-12-17(16(14)10-15)13-6-5-7-13/h8-13H,5-7H2,1-4H3. The van der Waals surface area contributed by atoms with E-state index < -0.39 is 0 Å². The Balaban J connectivity index is 1.74. The highest BCUT2D eigenvalue weighted by Gasteiger charge is 2.51. The monoisotopic (exact) mass is 309 g/mol. The minimum Gasteiger partial charge on any atom is -0.399 e. The Morgan fingerprint density at radius 3 is 2.35 bits per heavy atom. The Bertz CT molecular complexity index is 736. The van der Waals surface area contributed by atoms with Crippen LogP contribution in [0.4, 0.5) is 0 Å². The summed E-state index contributed by atoms with van der Waals surface area (Å²) in [5.74, 6) is 0.666. The lowest BCUT2D eigenvalue weighted by Crippen LogP contribution is -2.41. The highest BCUT2D eigenvalue weighted by atomic mass is 16.7. The molecule has 0 unspecified atom stereocenters. The number of hydrogen-bond acceptors (Lipinski definition) is 3. The second-order valence-electron chi connectivity index (χ2n) is 7.93. The number of fused-ring (bicyclic) bond motifs is 1. The van der Waals surface area contributed by atoms with Crippen LogP contribution in [-0.4, -0.2) is 23.3 Å². The maximum Gasteiger partial charge on any atom is 0.494 e. The van der Waals surface area contributed by atoms with Gasteiger partial charge in [-0.15, -0.1) is 0 Å². The quantitative estimate of drug-likeness (QED) is 0.791. The molecule has 3 nitrogen and oxygen atoms in total. The van der Waals surface area contributed by atoms with Crippen LogP contribution < -0.4 is 5.46 Å². The van der Waals surface area contributed by atoms with Gasteiger partial charge >= 0.3 is 7.12 Å². The number of pyridine rings is 1. The molecule has 1 saturated carbocycles. The van der Waals surface area contributed by atoms with Gasteiger partial charge in [0.2, 0.25) is 0 Å². The second kappa shape index (κ2) is 5.05. The number of hydrogen-bond donors (Lipinski definition) is 0. The van der Waals surface area contributed by atoms with E-state index in [-0.39, 0.29) is 18.3 Å². The lowest BCUT2D eigenvalue weighted by atomic mass is 9.75. The molecular formula is C19H24BNO2. The fraction of sp³-hybridized carbons (Fsp3) is 0.526. The summed E-state index contributed by atoms with van der Waals surface area (Å²) < 4.78 is 12.4. The van der Waals surface area contributed by atoms with Gasteiger partial charge in [-0.25, -0.2) is 0 Å². The maximum atomic E-state index is 6.20. The second-order valence-corrected chi connectivity index (χ2v) is 7.93. The van der Waals surface area contributed by atoms with Crippen molar-refractivity contribution < 1.29 is 9.31 Å². The smallest absolute Gasteiger partial charge is 0.399 e. The number of nitrogens with zero attached hydrogens (tertiary/aromatic N) is 1. The van der Waals surface area contributed by atoms with Crippen molar-refractivity contribution in [3.05, 3.63) is 36.2 Å². The summed E-state index contributed by atoms with van der Waals surface area (Å²) in [5.41, 5.74) is 1.87. The summed E-state index contributed by atoms with van der Waals surface area (Å²) in [6.07, 6.45) is 7.88. The third kappa shape index (κ3) is 2.39. The zero-order valence-corrected chi connectivity index (χ0v) is 14.4. The summed E-state index contributed by atoms with van der Waals surface area (Å²) in [6, 6.07) is 6.49. The van der Waals surface area contributed by atoms with Gasteiger partial charge in [-0.2, -0.15) is 0 Å². The fourth-order valence-electron chi connectivity index (χ4n) is 3.37. The van der Waals surface area contributed by atoms with Crippen LogP contribution in [0.25, 0.3) is 10.8 Å². The first-order valence-electron chi connectivity index (χ1n) is 8.61. The third-order valence-electron chi connectivity index (χ3n) is 5.89. The highest BCUT2D eigenvalue weighted by Crippen LogP contribution is 2.40. The fourth-order valence-corrected chi connectivity index (χ4v) is 3.37. The van der Waals surface area contributed by atoms with Gasteiger partial charge in [0.25, 0.3) is 0 Å². The van der Waals surface area contributed by atoms with Crippen LogP contribution in [0.5, 0.6) is 0 Å². The molecule has 4 rings (SSSR count). The van der Waals surface area contributed by atoms with Crippen molar-refractivity contribution in [1.82, 2.24) is 4.98 Å².